The highest BCUT2D eigenvalue weighted by Crippen LogP contribution is 2.42. The molecule has 1 heterocycles. The first-order chi connectivity index (χ1) is 8.74. The molecule has 1 fully saturated rings. The van der Waals surface area contributed by atoms with Crippen molar-refractivity contribution in [3.63, 3.8) is 0 Å². The minimum absolute atomic E-state index is 0.0599. The maximum atomic E-state index is 9.64. The van der Waals surface area contributed by atoms with Gasteiger partial charge in [0.15, 0.2) is 0 Å². The lowest BCUT2D eigenvalue weighted by Gasteiger charge is -2.32. The Morgan fingerprint density at radius 2 is 2.17 bits per heavy atom. The Morgan fingerprint density at radius 3 is 2.61 bits per heavy atom. The summed E-state index contributed by atoms with van der Waals surface area (Å²) in [5, 5.41) is 15.5. The predicted octanol–water partition coefficient (Wildman–Crippen LogP) is 3.59. The van der Waals surface area contributed by atoms with E-state index in [-0.39, 0.29) is 12.0 Å². The molecular formula is C15H25NOS. The standard InChI is InChI=1S/C15H25NOS/c1-3-15(4-2,11-17)10-16-14(12-7-8-12)13-6-5-9-18-13/h5-6,9,12,14,16-17H,3-4,7-8,10-11H2,1-2H3. The number of rotatable bonds is 8. The van der Waals surface area contributed by atoms with Crippen LogP contribution in [0.5, 0.6) is 0 Å². The van der Waals surface area contributed by atoms with Gasteiger partial charge in [-0.05, 0) is 43.0 Å². The maximum absolute atomic E-state index is 9.64. The molecule has 2 rings (SSSR count). The van der Waals surface area contributed by atoms with E-state index in [9.17, 15) is 5.11 Å². The molecule has 1 atom stereocenters. The van der Waals surface area contributed by atoms with Crippen molar-refractivity contribution in [3.05, 3.63) is 22.4 Å². The molecule has 2 nitrogen and oxygen atoms in total. The van der Waals surface area contributed by atoms with Crippen LogP contribution in [0.25, 0.3) is 0 Å². The van der Waals surface area contributed by atoms with Gasteiger partial charge >= 0.3 is 0 Å². The van der Waals surface area contributed by atoms with Crippen LogP contribution in [0.2, 0.25) is 0 Å². The van der Waals surface area contributed by atoms with Crippen molar-refractivity contribution >= 4 is 11.3 Å². The molecule has 102 valence electrons. The second kappa shape index (κ2) is 6.18. The Balaban J connectivity index is 1.98. The first-order valence-corrected chi connectivity index (χ1v) is 8.00. The molecule has 0 spiro atoms. The van der Waals surface area contributed by atoms with Gasteiger partial charge in [-0.25, -0.2) is 0 Å². The van der Waals surface area contributed by atoms with Gasteiger partial charge in [-0.2, -0.15) is 0 Å². The van der Waals surface area contributed by atoms with E-state index >= 15 is 0 Å². The Hall–Kier alpha value is -0.380. The van der Waals surface area contributed by atoms with Crippen LogP contribution in [0.3, 0.4) is 0 Å². The molecule has 2 N–H and O–H groups in total. The third-order valence-corrected chi connectivity index (χ3v) is 5.43. The lowest BCUT2D eigenvalue weighted by molar-refractivity contribution is 0.109. The average molecular weight is 267 g/mol. The minimum Gasteiger partial charge on any atom is -0.396 e. The van der Waals surface area contributed by atoms with Crippen LogP contribution in [0.1, 0.15) is 50.4 Å². The smallest absolute Gasteiger partial charge is 0.0499 e. The summed E-state index contributed by atoms with van der Waals surface area (Å²) < 4.78 is 0. The lowest BCUT2D eigenvalue weighted by Crippen LogP contribution is -2.38. The Morgan fingerprint density at radius 1 is 1.44 bits per heavy atom. The zero-order valence-electron chi connectivity index (χ0n) is 11.5. The number of aliphatic hydroxyl groups excluding tert-OH is 1. The highest BCUT2D eigenvalue weighted by atomic mass is 32.1. The van der Waals surface area contributed by atoms with Gasteiger partial charge < -0.3 is 10.4 Å². The predicted molar refractivity (Wildman–Crippen MR) is 77.9 cm³/mol. The molecule has 1 aromatic rings. The van der Waals surface area contributed by atoms with Crippen molar-refractivity contribution in [3.8, 4) is 0 Å². The molecule has 0 aliphatic heterocycles. The Kier molecular flexibility index (Phi) is 4.82. The van der Waals surface area contributed by atoms with Gasteiger partial charge in [-0.3, -0.25) is 0 Å². The van der Waals surface area contributed by atoms with Crippen molar-refractivity contribution in [2.75, 3.05) is 13.2 Å². The molecule has 1 aromatic heterocycles. The van der Waals surface area contributed by atoms with Crippen molar-refractivity contribution < 1.29 is 5.11 Å². The van der Waals surface area contributed by atoms with Crippen LogP contribution >= 0.6 is 11.3 Å². The fourth-order valence-electron chi connectivity index (χ4n) is 2.50. The van der Waals surface area contributed by atoms with Crippen molar-refractivity contribution in [2.24, 2.45) is 11.3 Å². The first kappa shape index (κ1) is 14.0. The van der Waals surface area contributed by atoms with Crippen molar-refractivity contribution in [1.29, 1.82) is 0 Å². The molecule has 3 heteroatoms. The van der Waals surface area contributed by atoms with Gasteiger partial charge in [0.1, 0.15) is 0 Å². The fraction of sp³-hybridized carbons (Fsp3) is 0.733. The van der Waals surface area contributed by atoms with E-state index < -0.39 is 0 Å². The number of hydrogen-bond donors (Lipinski definition) is 2. The number of nitrogens with one attached hydrogen (secondary N) is 1. The quantitative estimate of drug-likeness (QED) is 0.754. The summed E-state index contributed by atoms with van der Waals surface area (Å²) in [5.74, 6) is 0.814. The first-order valence-electron chi connectivity index (χ1n) is 7.12. The summed E-state index contributed by atoms with van der Waals surface area (Å²) in [4.78, 5) is 1.46. The molecule has 1 unspecified atom stereocenters. The van der Waals surface area contributed by atoms with E-state index in [2.05, 4.69) is 36.7 Å². The summed E-state index contributed by atoms with van der Waals surface area (Å²) in [5.41, 5.74) is 0.0599. The van der Waals surface area contributed by atoms with Crippen LogP contribution < -0.4 is 5.32 Å². The van der Waals surface area contributed by atoms with E-state index in [1.54, 1.807) is 0 Å². The normalized spacial score (nSPS) is 17.9. The monoisotopic (exact) mass is 267 g/mol. The zero-order valence-corrected chi connectivity index (χ0v) is 12.3. The highest BCUT2D eigenvalue weighted by Gasteiger charge is 2.34. The van der Waals surface area contributed by atoms with Gasteiger partial charge in [0.2, 0.25) is 0 Å². The summed E-state index contributed by atoms with van der Waals surface area (Å²) in [6.07, 6.45) is 4.77. The number of hydrogen-bond acceptors (Lipinski definition) is 3. The largest absolute Gasteiger partial charge is 0.396 e. The third-order valence-electron chi connectivity index (χ3n) is 4.48. The molecular weight excluding hydrogens is 242 g/mol. The van der Waals surface area contributed by atoms with E-state index in [1.807, 2.05) is 11.3 Å². The summed E-state index contributed by atoms with van der Waals surface area (Å²) in [7, 11) is 0. The Bertz CT molecular complexity index is 333. The molecule has 1 saturated carbocycles. The van der Waals surface area contributed by atoms with Gasteiger partial charge in [0.05, 0.1) is 0 Å². The van der Waals surface area contributed by atoms with Crippen LogP contribution in [0, 0.1) is 11.3 Å². The molecule has 0 saturated heterocycles. The minimum atomic E-state index is 0.0599. The second-order valence-electron chi connectivity index (χ2n) is 5.58. The Labute approximate surface area is 114 Å². The zero-order chi connectivity index (χ0) is 13.0. The molecule has 0 bridgehead atoms. The lowest BCUT2D eigenvalue weighted by atomic mass is 9.83. The SMILES string of the molecule is CCC(CC)(CO)CNC(c1cccs1)C1CC1. The van der Waals surface area contributed by atoms with Crippen LogP contribution in [0.4, 0.5) is 0 Å². The second-order valence-corrected chi connectivity index (χ2v) is 6.56. The maximum Gasteiger partial charge on any atom is 0.0499 e. The molecule has 0 radical (unpaired) electrons. The fourth-order valence-corrected chi connectivity index (χ4v) is 3.40. The summed E-state index contributed by atoms with van der Waals surface area (Å²) >= 11 is 1.85. The van der Waals surface area contributed by atoms with E-state index in [4.69, 9.17) is 0 Å². The molecule has 1 aliphatic rings. The van der Waals surface area contributed by atoms with E-state index in [0.717, 1.165) is 25.3 Å². The van der Waals surface area contributed by atoms with E-state index in [0.29, 0.717) is 6.04 Å². The number of aliphatic hydroxyl groups is 1. The van der Waals surface area contributed by atoms with Gasteiger partial charge in [-0.15, -0.1) is 11.3 Å². The summed E-state index contributed by atoms with van der Waals surface area (Å²) in [6, 6.07) is 4.88. The van der Waals surface area contributed by atoms with E-state index in [1.165, 1.54) is 17.7 Å². The third kappa shape index (κ3) is 3.14. The van der Waals surface area contributed by atoms with Crippen LogP contribution in [0.15, 0.2) is 17.5 Å². The summed E-state index contributed by atoms with van der Waals surface area (Å²) in [6.45, 7) is 5.57. The topological polar surface area (TPSA) is 32.3 Å². The molecule has 18 heavy (non-hydrogen) atoms. The average Bonchev–Trinajstić information content (AvgIpc) is 3.10. The molecule has 0 amide bonds. The van der Waals surface area contributed by atoms with Crippen LogP contribution in [-0.4, -0.2) is 18.3 Å². The van der Waals surface area contributed by atoms with Crippen LogP contribution in [-0.2, 0) is 0 Å². The van der Waals surface area contributed by atoms with Crippen molar-refractivity contribution in [1.82, 2.24) is 5.32 Å². The van der Waals surface area contributed by atoms with Gasteiger partial charge in [0.25, 0.3) is 0 Å². The van der Waals surface area contributed by atoms with Gasteiger partial charge in [0, 0.05) is 29.5 Å². The molecule has 0 aromatic carbocycles. The highest BCUT2D eigenvalue weighted by molar-refractivity contribution is 7.10. The van der Waals surface area contributed by atoms with Gasteiger partial charge in [-0.1, -0.05) is 19.9 Å². The number of thiophene rings is 1. The molecule has 1 aliphatic carbocycles. The van der Waals surface area contributed by atoms with Crippen molar-refractivity contribution in [2.45, 2.75) is 45.6 Å².